The molecule has 73 heavy (non-hydrogen) atoms. The fourth-order valence-corrected chi connectivity index (χ4v) is 15.2. The first kappa shape index (κ1) is 39.5. The van der Waals surface area contributed by atoms with E-state index < -0.39 is 5.89 Å². The van der Waals surface area contributed by atoms with Crippen LogP contribution in [0.3, 0.4) is 0 Å². The molecule has 4 heterocycles. The van der Waals surface area contributed by atoms with E-state index >= 15 is 0 Å². The fourth-order valence-electron chi connectivity index (χ4n) is 15.2. The van der Waals surface area contributed by atoms with Crippen molar-refractivity contribution in [3.05, 3.63) is 204 Å². The molecule has 3 nitrogen and oxygen atoms in total. The maximum absolute atomic E-state index is 9.54. The van der Waals surface area contributed by atoms with Crippen molar-refractivity contribution >= 4 is 94.5 Å². The van der Waals surface area contributed by atoms with Crippen LogP contribution >= 0.6 is 0 Å². The number of hydrogen-bond acceptors (Lipinski definition) is 1. The highest BCUT2D eigenvalue weighted by molar-refractivity contribution is 7.01. The van der Waals surface area contributed by atoms with Crippen molar-refractivity contribution in [2.45, 2.75) is 70.6 Å². The minimum Gasteiger partial charge on any atom is -0.311 e. The normalized spacial score (nSPS) is 15.9. The van der Waals surface area contributed by atoms with Gasteiger partial charge < -0.3 is 14.0 Å². The molecule has 0 bridgehead atoms. The molecular formula is C69H52BN3. The third-order valence-corrected chi connectivity index (χ3v) is 18.4. The summed E-state index contributed by atoms with van der Waals surface area (Å²) in [6.07, 6.45) is 5.12. The summed E-state index contributed by atoms with van der Waals surface area (Å²) in [5.41, 5.74) is 27.8. The van der Waals surface area contributed by atoms with E-state index in [0.717, 1.165) is 16.9 Å². The van der Waals surface area contributed by atoms with Gasteiger partial charge in [-0.1, -0.05) is 162 Å². The molecular weight excluding hydrogens is 882 g/mol. The van der Waals surface area contributed by atoms with E-state index in [2.05, 4.69) is 210 Å². The minimum atomic E-state index is -0.801. The van der Waals surface area contributed by atoms with E-state index in [1.165, 1.54) is 164 Å². The second kappa shape index (κ2) is 14.1. The molecule has 3 aliphatic carbocycles. The van der Waals surface area contributed by atoms with E-state index in [0.29, 0.717) is 5.92 Å². The van der Waals surface area contributed by atoms with Gasteiger partial charge >= 0.3 is 0 Å². The first-order valence-corrected chi connectivity index (χ1v) is 26.7. The number of rotatable bonds is 4. The summed E-state index contributed by atoms with van der Waals surface area (Å²) in [7, 11) is 0. The van der Waals surface area contributed by atoms with Crippen molar-refractivity contribution in [2.24, 2.45) is 0 Å². The number of fused-ring (bicyclic) bond motifs is 14. The molecule has 4 heteroatoms. The molecule has 0 unspecified atom stereocenters. The van der Waals surface area contributed by atoms with Crippen LogP contribution in [-0.4, -0.2) is 15.8 Å². The summed E-state index contributed by atoms with van der Waals surface area (Å²) in [6, 6.07) is 70.0. The lowest BCUT2D eigenvalue weighted by Gasteiger charge is -2.41. The summed E-state index contributed by atoms with van der Waals surface area (Å²) >= 11 is 0. The Bertz CT molecular complexity index is 4520. The molecule has 12 aromatic rings. The van der Waals surface area contributed by atoms with Crippen LogP contribution in [0.1, 0.15) is 88.8 Å². The maximum Gasteiger partial charge on any atom is 0.253 e. The van der Waals surface area contributed by atoms with Gasteiger partial charge in [0.25, 0.3) is 6.71 Å². The van der Waals surface area contributed by atoms with Crippen LogP contribution in [0.5, 0.6) is 0 Å². The Hall–Kier alpha value is -8.08. The first-order valence-electron chi connectivity index (χ1n) is 27.2. The van der Waals surface area contributed by atoms with Gasteiger partial charge in [0.2, 0.25) is 0 Å². The Labute approximate surface area is 427 Å². The largest absolute Gasteiger partial charge is 0.311 e. The van der Waals surface area contributed by atoms with Gasteiger partial charge in [-0.3, -0.25) is 0 Å². The number of benzene rings is 10. The molecule has 0 spiro atoms. The Morgan fingerprint density at radius 2 is 1.22 bits per heavy atom. The molecule has 0 amide bonds. The molecule has 1 saturated carbocycles. The zero-order chi connectivity index (χ0) is 49.1. The van der Waals surface area contributed by atoms with Crippen molar-refractivity contribution in [3.8, 4) is 44.8 Å². The summed E-state index contributed by atoms with van der Waals surface area (Å²) < 4.78 is 14.8. The van der Waals surface area contributed by atoms with Gasteiger partial charge in [0.1, 0.15) is 0 Å². The zero-order valence-corrected chi connectivity index (χ0v) is 41.6. The average molecular weight is 935 g/mol. The van der Waals surface area contributed by atoms with Gasteiger partial charge in [0.05, 0.1) is 22.2 Å². The highest BCUT2D eigenvalue weighted by Gasteiger charge is 2.48. The molecule has 10 aromatic carbocycles. The van der Waals surface area contributed by atoms with Crippen LogP contribution in [0.25, 0.3) is 99.1 Å². The van der Waals surface area contributed by atoms with Gasteiger partial charge in [0, 0.05) is 56.6 Å². The molecule has 0 saturated heterocycles. The SMILES string of the molecule is [2H]C(C)(C)c1ccc2c(c1)B1c3c(cc(-n4c5cccc6c5c5c7c(cccc7ccc54)-c4ccccc4-6)cc3-n3c4ccc(C5CCCC5)cc4c4cc5c(c1c43)-c1ccccc1C5(C)C)N2c1ccccc1. The van der Waals surface area contributed by atoms with Crippen LogP contribution in [0, 0.1) is 0 Å². The lowest BCUT2D eigenvalue weighted by atomic mass is 9.32. The lowest BCUT2D eigenvalue weighted by molar-refractivity contribution is 0.661. The second-order valence-corrected chi connectivity index (χ2v) is 22.6. The highest BCUT2D eigenvalue weighted by Crippen LogP contribution is 2.54. The van der Waals surface area contributed by atoms with Crippen molar-refractivity contribution in [3.63, 3.8) is 0 Å². The number of hydrogen-bond donors (Lipinski definition) is 0. The van der Waals surface area contributed by atoms with Crippen molar-refractivity contribution in [1.82, 2.24) is 9.13 Å². The summed E-state index contributed by atoms with van der Waals surface area (Å²) in [5.74, 6) is -0.211. The van der Waals surface area contributed by atoms with E-state index in [-0.39, 0.29) is 12.1 Å². The van der Waals surface area contributed by atoms with Crippen LogP contribution in [0.15, 0.2) is 182 Å². The van der Waals surface area contributed by atoms with Gasteiger partial charge in [-0.25, -0.2) is 0 Å². The van der Waals surface area contributed by atoms with Crippen LogP contribution in [0.2, 0.25) is 0 Å². The molecule has 0 N–H and O–H groups in total. The van der Waals surface area contributed by atoms with Gasteiger partial charge in [-0.05, 0) is 168 Å². The Kier molecular flexibility index (Phi) is 7.64. The van der Waals surface area contributed by atoms with Crippen molar-refractivity contribution in [2.75, 3.05) is 4.90 Å². The Morgan fingerprint density at radius 3 is 2.03 bits per heavy atom. The van der Waals surface area contributed by atoms with Crippen LogP contribution < -0.4 is 21.3 Å². The predicted octanol–water partition coefficient (Wildman–Crippen LogP) is 16.4. The monoisotopic (exact) mass is 934 g/mol. The summed E-state index contributed by atoms with van der Waals surface area (Å²) in [5, 5.41) is 7.90. The minimum absolute atomic E-state index is 0.116. The Balaban J connectivity index is 1.07. The van der Waals surface area contributed by atoms with Crippen LogP contribution in [0.4, 0.5) is 17.1 Å². The maximum atomic E-state index is 9.54. The quantitative estimate of drug-likeness (QED) is 0.160. The predicted molar refractivity (Wildman–Crippen MR) is 309 cm³/mol. The standard InChI is InChI=1S/C69H52BN3/c1-39(2)42-29-32-57-55(35-42)70-66-60(71(57)44-19-6-5-7-20-44)36-45(72-58-27-15-25-49-47-22-11-10-21-46(47)48-24-14-18-41-28-33-59(72)65(62(41)48)64(49)58)37-61(66)73-56-31-30-43(40-16-8-9-17-40)34-51(56)52-38-54-63(67(70)68(52)73)50-23-12-13-26-53(50)69(54,3)4/h5-7,10-15,18-40H,8-9,16-17H2,1-4H3/i39D. The summed E-state index contributed by atoms with van der Waals surface area (Å²) in [6.45, 7) is 8.85. The number of anilines is 3. The molecule has 346 valence electrons. The molecule has 0 radical (unpaired) electrons. The van der Waals surface area contributed by atoms with Crippen LogP contribution in [-0.2, 0) is 5.41 Å². The van der Waals surface area contributed by atoms with E-state index in [1.807, 2.05) is 13.8 Å². The van der Waals surface area contributed by atoms with Gasteiger partial charge in [-0.15, -0.1) is 0 Å². The highest BCUT2D eigenvalue weighted by atomic mass is 15.2. The van der Waals surface area contributed by atoms with Crippen molar-refractivity contribution in [1.29, 1.82) is 0 Å². The fraction of sp³-hybridized carbons (Fsp3) is 0.159. The van der Waals surface area contributed by atoms with E-state index in [1.54, 1.807) is 0 Å². The second-order valence-electron chi connectivity index (χ2n) is 22.6. The first-order chi connectivity index (χ1) is 36.1. The molecule has 17 rings (SSSR count). The molecule has 0 atom stereocenters. The Morgan fingerprint density at radius 1 is 0.521 bits per heavy atom. The molecule has 2 aromatic heterocycles. The third-order valence-electron chi connectivity index (χ3n) is 18.4. The lowest BCUT2D eigenvalue weighted by Crippen LogP contribution is -2.61. The molecule has 2 aliphatic heterocycles. The molecule has 1 fully saturated rings. The molecule has 5 aliphatic rings. The topological polar surface area (TPSA) is 13.1 Å². The average Bonchev–Trinajstić information content (AvgIpc) is 4.20. The number of nitrogens with zero attached hydrogens (tertiary/aromatic N) is 3. The third kappa shape index (κ3) is 5.07. The summed E-state index contributed by atoms with van der Waals surface area (Å²) in [4.78, 5) is 2.55. The van der Waals surface area contributed by atoms with E-state index in [9.17, 15) is 1.37 Å². The number of para-hydroxylation sites is 1. The van der Waals surface area contributed by atoms with E-state index in [4.69, 9.17) is 0 Å². The smallest absolute Gasteiger partial charge is 0.253 e. The van der Waals surface area contributed by atoms with Gasteiger partial charge in [-0.2, -0.15) is 0 Å². The van der Waals surface area contributed by atoms with Gasteiger partial charge in [0.15, 0.2) is 0 Å². The number of aromatic nitrogens is 2. The van der Waals surface area contributed by atoms with Crippen molar-refractivity contribution < 1.29 is 1.37 Å². The zero-order valence-electron chi connectivity index (χ0n) is 42.6.